The van der Waals surface area contributed by atoms with E-state index < -0.39 is 0 Å². The molecule has 0 saturated carbocycles. The molecule has 1 unspecified atom stereocenters. The van der Waals surface area contributed by atoms with Gasteiger partial charge in [0.15, 0.2) is 0 Å². The van der Waals surface area contributed by atoms with E-state index in [9.17, 15) is 0 Å². The fourth-order valence-electron chi connectivity index (χ4n) is 2.41. The first-order chi connectivity index (χ1) is 8.36. The number of nitrogens with one attached hydrogen (secondary N) is 1. The second-order valence-electron chi connectivity index (χ2n) is 4.53. The second-order valence-corrected chi connectivity index (χ2v) is 6.56. The molecule has 0 amide bonds. The van der Waals surface area contributed by atoms with Crippen molar-refractivity contribution in [3.05, 3.63) is 28.1 Å². The van der Waals surface area contributed by atoms with Gasteiger partial charge in [-0.15, -0.1) is 22.7 Å². The number of thiazole rings is 1. The van der Waals surface area contributed by atoms with Crippen molar-refractivity contribution in [1.82, 2.24) is 10.3 Å². The highest BCUT2D eigenvalue weighted by Gasteiger charge is 2.22. The normalized spacial score (nSPS) is 19.2. The molecule has 0 aromatic carbocycles. The minimum absolute atomic E-state index is 0.795. The Bertz CT molecular complexity index is 487. The van der Waals surface area contributed by atoms with Crippen LogP contribution < -0.4 is 5.32 Å². The lowest BCUT2D eigenvalue weighted by molar-refractivity contribution is 0.441. The molecule has 2 heterocycles. The van der Waals surface area contributed by atoms with Crippen molar-refractivity contribution in [2.24, 2.45) is 5.92 Å². The summed E-state index contributed by atoms with van der Waals surface area (Å²) in [6.45, 7) is 1.13. The van der Waals surface area contributed by atoms with Crippen molar-refractivity contribution < 1.29 is 0 Å². The molecule has 1 aliphatic rings. The number of nitrogens with zero attached hydrogens (tertiary/aromatic N) is 1. The molecule has 2 aromatic rings. The maximum Gasteiger partial charge on any atom is 0.133 e. The van der Waals surface area contributed by atoms with Crippen LogP contribution in [0.5, 0.6) is 0 Å². The molecule has 0 aliphatic heterocycles. The van der Waals surface area contributed by atoms with Crippen molar-refractivity contribution in [3.8, 4) is 9.88 Å². The monoisotopic (exact) mass is 264 g/mol. The lowest BCUT2D eigenvalue weighted by Gasteiger charge is -2.20. The molecule has 2 nitrogen and oxygen atoms in total. The summed E-state index contributed by atoms with van der Waals surface area (Å²) in [7, 11) is 2.04. The molecule has 1 N–H and O–H groups in total. The van der Waals surface area contributed by atoms with Crippen LogP contribution in [0.25, 0.3) is 9.88 Å². The maximum atomic E-state index is 4.80. The zero-order chi connectivity index (χ0) is 11.7. The van der Waals surface area contributed by atoms with E-state index >= 15 is 0 Å². The molecule has 0 saturated heterocycles. The lowest BCUT2D eigenvalue weighted by atomic mass is 9.91. The van der Waals surface area contributed by atoms with E-state index in [4.69, 9.17) is 4.98 Å². The van der Waals surface area contributed by atoms with Crippen molar-refractivity contribution >= 4 is 22.7 Å². The molecule has 17 heavy (non-hydrogen) atoms. The van der Waals surface area contributed by atoms with Gasteiger partial charge in [-0.25, -0.2) is 4.98 Å². The number of aryl methyl sites for hydroxylation is 1. The zero-order valence-corrected chi connectivity index (χ0v) is 11.5. The molecule has 0 radical (unpaired) electrons. The van der Waals surface area contributed by atoms with Crippen LogP contribution in [0.1, 0.15) is 17.0 Å². The van der Waals surface area contributed by atoms with E-state index in [1.807, 2.05) is 18.4 Å². The Hall–Kier alpha value is -0.710. The Labute approximate surface area is 110 Å². The van der Waals surface area contributed by atoms with Crippen LogP contribution in [0.3, 0.4) is 0 Å². The lowest BCUT2D eigenvalue weighted by Crippen LogP contribution is -2.24. The molecule has 4 heteroatoms. The van der Waals surface area contributed by atoms with E-state index in [-0.39, 0.29) is 0 Å². The zero-order valence-electron chi connectivity index (χ0n) is 9.90. The number of thiophene rings is 1. The molecule has 2 aromatic heterocycles. The van der Waals surface area contributed by atoms with Crippen LogP contribution in [0.15, 0.2) is 17.5 Å². The summed E-state index contributed by atoms with van der Waals surface area (Å²) in [5.74, 6) is 0.795. The summed E-state index contributed by atoms with van der Waals surface area (Å²) >= 11 is 3.68. The van der Waals surface area contributed by atoms with Gasteiger partial charge in [-0.05, 0) is 50.2 Å². The average Bonchev–Trinajstić information content (AvgIpc) is 2.97. The van der Waals surface area contributed by atoms with Crippen LogP contribution in [-0.4, -0.2) is 18.6 Å². The Morgan fingerprint density at radius 3 is 3.24 bits per heavy atom. The summed E-state index contributed by atoms with van der Waals surface area (Å²) in [5, 5.41) is 6.63. The van der Waals surface area contributed by atoms with Crippen LogP contribution in [0.2, 0.25) is 0 Å². The first kappa shape index (κ1) is 11.4. The summed E-state index contributed by atoms with van der Waals surface area (Å²) in [6.07, 6.45) is 3.64. The highest BCUT2D eigenvalue weighted by atomic mass is 32.1. The van der Waals surface area contributed by atoms with Gasteiger partial charge in [0.1, 0.15) is 5.01 Å². The van der Waals surface area contributed by atoms with Gasteiger partial charge in [0.25, 0.3) is 0 Å². The van der Waals surface area contributed by atoms with E-state index in [2.05, 4.69) is 22.8 Å². The summed E-state index contributed by atoms with van der Waals surface area (Å²) in [6, 6.07) is 4.27. The molecule has 1 aliphatic carbocycles. The van der Waals surface area contributed by atoms with Gasteiger partial charge in [0.2, 0.25) is 0 Å². The van der Waals surface area contributed by atoms with Crippen molar-refractivity contribution in [3.63, 3.8) is 0 Å². The third-order valence-corrected chi connectivity index (χ3v) is 5.43. The molecular weight excluding hydrogens is 248 g/mol. The molecule has 0 bridgehead atoms. The Balaban J connectivity index is 1.84. The molecule has 3 rings (SSSR count). The van der Waals surface area contributed by atoms with Crippen molar-refractivity contribution in [2.75, 3.05) is 13.6 Å². The van der Waals surface area contributed by atoms with Gasteiger partial charge >= 0.3 is 0 Å². The average molecular weight is 264 g/mol. The fourth-order valence-corrected chi connectivity index (χ4v) is 4.43. The quantitative estimate of drug-likeness (QED) is 0.921. The third kappa shape index (κ3) is 2.30. The molecule has 0 spiro atoms. The molecule has 0 fully saturated rings. The predicted octanol–water partition coefficient (Wildman–Crippen LogP) is 3.20. The standard InChI is InChI=1S/C13H16N2S2/c1-14-8-9-4-5-10-12(7-9)17-13(15-10)11-3-2-6-16-11/h2-3,6,9,14H,4-5,7-8H2,1H3. The van der Waals surface area contributed by atoms with E-state index in [1.54, 1.807) is 11.3 Å². The first-order valence-corrected chi connectivity index (χ1v) is 7.73. The number of fused-ring (bicyclic) bond motifs is 1. The predicted molar refractivity (Wildman–Crippen MR) is 74.9 cm³/mol. The largest absolute Gasteiger partial charge is 0.319 e. The maximum absolute atomic E-state index is 4.80. The van der Waals surface area contributed by atoms with Gasteiger partial charge in [-0.2, -0.15) is 0 Å². The van der Waals surface area contributed by atoms with E-state index in [0.29, 0.717) is 0 Å². The minimum Gasteiger partial charge on any atom is -0.319 e. The van der Waals surface area contributed by atoms with Gasteiger partial charge in [0, 0.05) is 4.88 Å². The van der Waals surface area contributed by atoms with E-state index in [0.717, 1.165) is 18.9 Å². The number of hydrogen-bond donors (Lipinski definition) is 1. The van der Waals surface area contributed by atoms with Gasteiger partial charge in [0.05, 0.1) is 10.6 Å². The van der Waals surface area contributed by atoms with E-state index in [1.165, 1.54) is 33.3 Å². The van der Waals surface area contributed by atoms with Crippen LogP contribution in [0, 0.1) is 5.92 Å². The summed E-state index contributed by atoms with van der Waals surface area (Å²) < 4.78 is 0. The Kier molecular flexibility index (Phi) is 3.27. The smallest absolute Gasteiger partial charge is 0.133 e. The Morgan fingerprint density at radius 1 is 1.53 bits per heavy atom. The number of rotatable bonds is 3. The molecular formula is C13H16N2S2. The molecule has 1 atom stereocenters. The van der Waals surface area contributed by atoms with Crippen LogP contribution in [-0.2, 0) is 12.8 Å². The van der Waals surface area contributed by atoms with Crippen molar-refractivity contribution in [1.29, 1.82) is 0 Å². The van der Waals surface area contributed by atoms with Crippen LogP contribution in [0.4, 0.5) is 0 Å². The first-order valence-electron chi connectivity index (χ1n) is 6.04. The van der Waals surface area contributed by atoms with Gasteiger partial charge in [-0.1, -0.05) is 6.07 Å². The second kappa shape index (κ2) is 4.88. The van der Waals surface area contributed by atoms with Crippen molar-refractivity contribution in [2.45, 2.75) is 19.3 Å². The summed E-state index contributed by atoms with van der Waals surface area (Å²) in [4.78, 5) is 7.62. The Morgan fingerprint density at radius 2 is 2.47 bits per heavy atom. The molecule has 90 valence electrons. The minimum atomic E-state index is 0.795. The number of hydrogen-bond acceptors (Lipinski definition) is 4. The fraction of sp³-hybridized carbons (Fsp3) is 0.462. The SMILES string of the molecule is CNCC1CCc2nc(-c3cccs3)sc2C1. The number of aromatic nitrogens is 1. The third-order valence-electron chi connectivity index (χ3n) is 3.27. The topological polar surface area (TPSA) is 24.9 Å². The summed E-state index contributed by atoms with van der Waals surface area (Å²) in [5.41, 5.74) is 1.35. The highest BCUT2D eigenvalue weighted by molar-refractivity contribution is 7.21. The van der Waals surface area contributed by atoms with Gasteiger partial charge < -0.3 is 5.32 Å². The van der Waals surface area contributed by atoms with Gasteiger partial charge in [-0.3, -0.25) is 0 Å². The van der Waals surface area contributed by atoms with Crippen LogP contribution >= 0.6 is 22.7 Å². The highest BCUT2D eigenvalue weighted by Crippen LogP contribution is 2.35.